The SMILES string of the molecule is CC(CC(=O)NC1(C#N)CCCCC1)NC(=O)c1ccccc1. The number of hydrogen-bond acceptors (Lipinski definition) is 3. The van der Waals surface area contributed by atoms with Crippen LogP contribution in [0.4, 0.5) is 0 Å². The highest BCUT2D eigenvalue weighted by atomic mass is 16.2. The molecular formula is C18H23N3O2. The van der Waals surface area contributed by atoms with Gasteiger partial charge in [0.05, 0.1) is 6.07 Å². The fraction of sp³-hybridized carbons (Fsp3) is 0.500. The lowest BCUT2D eigenvalue weighted by atomic mass is 9.82. The normalized spacial score (nSPS) is 17.6. The van der Waals surface area contributed by atoms with Gasteiger partial charge in [0, 0.05) is 18.0 Å². The molecule has 5 heteroatoms. The predicted octanol–water partition coefficient (Wildman–Crippen LogP) is 2.54. The third kappa shape index (κ3) is 4.82. The Kier molecular flexibility index (Phi) is 5.75. The second-order valence-electron chi connectivity index (χ2n) is 6.25. The van der Waals surface area contributed by atoms with Gasteiger partial charge in [0.15, 0.2) is 0 Å². The van der Waals surface area contributed by atoms with E-state index in [2.05, 4.69) is 16.7 Å². The summed E-state index contributed by atoms with van der Waals surface area (Å²) in [4.78, 5) is 24.2. The summed E-state index contributed by atoms with van der Waals surface area (Å²) in [6, 6.07) is 10.9. The van der Waals surface area contributed by atoms with Crippen LogP contribution in [-0.4, -0.2) is 23.4 Å². The molecule has 0 aromatic heterocycles. The van der Waals surface area contributed by atoms with Crippen molar-refractivity contribution in [3.63, 3.8) is 0 Å². The first kappa shape index (κ1) is 17.0. The number of carbonyl (C=O) groups excluding carboxylic acids is 2. The van der Waals surface area contributed by atoms with Gasteiger partial charge >= 0.3 is 0 Å². The zero-order valence-corrected chi connectivity index (χ0v) is 13.5. The van der Waals surface area contributed by atoms with E-state index in [9.17, 15) is 14.9 Å². The van der Waals surface area contributed by atoms with Crippen molar-refractivity contribution in [2.45, 2.75) is 57.0 Å². The molecule has 23 heavy (non-hydrogen) atoms. The van der Waals surface area contributed by atoms with Crippen molar-refractivity contribution in [3.05, 3.63) is 35.9 Å². The Hall–Kier alpha value is -2.35. The maximum atomic E-state index is 12.2. The van der Waals surface area contributed by atoms with Gasteiger partial charge in [-0.3, -0.25) is 9.59 Å². The molecule has 2 N–H and O–H groups in total. The summed E-state index contributed by atoms with van der Waals surface area (Å²) < 4.78 is 0. The first-order valence-electron chi connectivity index (χ1n) is 8.13. The lowest BCUT2D eigenvalue weighted by Crippen LogP contribution is -2.50. The number of carbonyl (C=O) groups is 2. The van der Waals surface area contributed by atoms with Gasteiger partial charge in [-0.2, -0.15) is 5.26 Å². The third-order valence-electron chi connectivity index (χ3n) is 4.20. The number of nitriles is 1. The van der Waals surface area contributed by atoms with Crippen LogP contribution in [0, 0.1) is 11.3 Å². The van der Waals surface area contributed by atoms with Crippen LogP contribution in [0.1, 0.15) is 55.8 Å². The van der Waals surface area contributed by atoms with Crippen molar-refractivity contribution < 1.29 is 9.59 Å². The van der Waals surface area contributed by atoms with Crippen molar-refractivity contribution in [1.82, 2.24) is 10.6 Å². The van der Waals surface area contributed by atoms with Crippen molar-refractivity contribution >= 4 is 11.8 Å². The van der Waals surface area contributed by atoms with Gasteiger partial charge in [-0.15, -0.1) is 0 Å². The quantitative estimate of drug-likeness (QED) is 0.876. The highest BCUT2D eigenvalue weighted by Crippen LogP contribution is 2.27. The molecule has 1 unspecified atom stereocenters. The summed E-state index contributed by atoms with van der Waals surface area (Å²) >= 11 is 0. The van der Waals surface area contributed by atoms with Crippen LogP contribution in [0.5, 0.6) is 0 Å². The predicted molar refractivity (Wildman–Crippen MR) is 87.6 cm³/mol. The van der Waals surface area contributed by atoms with Crippen LogP contribution >= 0.6 is 0 Å². The molecule has 1 saturated carbocycles. The van der Waals surface area contributed by atoms with E-state index in [-0.39, 0.29) is 24.3 Å². The molecule has 1 atom stereocenters. The van der Waals surface area contributed by atoms with Crippen LogP contribution in [0.3, 0.4) is 0 Å². The first-order valence-corrected chi connectivity index (χ1v) is 8.13. The van der Waals surface area contributed by atoms with E-state index in [1.165, 1.54) is 0 Å². The Labute approximate surface area is 137 Å². The van der Waals surface area contributed by atoms with E-state index < -0.39 is 5.54 Å². The van der Waals surface area contributed by atoms with Crippen LogP contribution in [0.15, 0.2) is 30.3 Å². The smallest absolute Gasteiger partial charge is 0.251 e. The highest BCUT2D eigenvalue weighted by molar-refractivity contribution is 5.94. The number of amides is 2. The largest absolute Gasteiger partial charge is 0.349 e. The zero-order chi connectivity index (χ0) is 16.7. The molecule has 5 nitrogen and oxygen atoms in total. The van der Waals surface area contributed by atoms with E-state index in [4.69, 9.17) is 0 Å². The average Bonchev–Trinajstić information content (AvgIpc) is 2.56. The minimum absolute atomic E-state index is 0.169. The third-order valence-corrected chi connectivity index (χ3v) is 4.20. The lowest BCUT2D eigenvalue weighted by Gasteiger charge is -2.32. The van der Waals surface area contributed by atoms with Crippen LogP contribution in [-0.2, 0) is 4.79 Å². The van der Waals surface area contributed by atoms with Gasteiger partial charge in [-0.05, 0) is 31.9 Å². The second-order valence-corrected chi connectivity index (χ2v) is 6.25. The second kappa shape index (κ2) is 7.77. The molecule has 0 aliphatic heterocycles. The van der Waals surface area contributed by atoms with Crippen molar-refractivity contribution in [3.8, 4) is 6.07 Å². The Morgan fingerprint density at radius 2 is 1.87 bits per heavy atom. The van der Waals surface area contributed by atoms with E-state index in [0.717, 1.165) is 19.3 Å². The molecule has 1 aromatic carbocycles. The van der Waals surface area contributed by atoms with Gasteiger partial charge in [0.1, 0.15) is 5.54 Å². The zero-order valence-electron chi connectivity index (χ0n) is 13.5. The molecule has 0 radical (unpaired) electrons. The maximum absolute atomic E-state index is 12.2. The summed E-state index contributed by atoms with van der Waals surface area (Å²) in [5, 5.41) is 15.1. The molecule has 0 spiro atoms. The molecule has 2 amide bonds. The van der Waals surface area contributed by atoms with Crippen molar-refractivity contribution in [1.29, 1.82) is 5.26 Å². The van der Waals surface area contributed by atoms with Gasteiger partial charge in [0.25, 0.3) is 5.91 Å². The van der Waals surface area contributed by atoms with Crippen molar-refractivity contribution in [2.75, 3.05) is 0 Å². The Morgan fingerprint density at radius 1 is 1.22 bits per heavy atom. The molecule has 1 fully saturated rings. The summed E-state index contributed by atoms with van der Waals surface area (Å²) in [5.41, 5.74) is -0.154. The molecule has 0 bridgehead atoms. The fourth-order valence-corrected chi connectivity index (χ4v) is 2.96. The van der Waals surface area contributed by atoms with E-state index >= 15 is 0 Å². The van der Waals surface area contributed by atoms with E-state index in [1.807, 2.05) is 6.07 Å². The standard InChI is InChI=1S/C18H23N3O2/c1-14(20-17(23)15-8-4-2-5-9-15)12-16(22)21-18(13-19)10-6-3-7-11-18/h2,4-5,8-9,14H,3,6-7,10-12H2,1H3,(H,20,23)(H,21,22). The molecule has 1 aromatic rings. The fourth-order valence-electron chi connectivity index (χ4n) is 2.96. The molecule has 0 heterocycles. The minimum atomic E-state index is -0.724. The topological polar surface area (TPSA) is 82.0 Å². The van der Waals surface area contributed by atoms with Gasteiger partial charge in [-0.1, -0.05) is 37.5 Å². The van der Waals surface area contributed by atoms with Gasteiger partial charge in [0.2, 0.25) is 5.91 Å². The Balaban J connectivity index is 1.85. The summed E-state index contributed by atoms with van der Waals surface area (Å²) in [5.74, 6) is -0.382. The average molecular weight is 313 g/mol. The number of hydrogen-bond donors (Lipinski definition) is 2. The molecule has 0 saturated heterocycles. The number of rotatable bonds is 5. The van der Waals surface area contributed by atoms with Crippen molar-refractivity contribution in [2.24, 2.45) is 0 Å². The highest BCUT2D eigenvalue weighted by Gasteiger charge is 2.33. The van der Waals surface area contributed by atoms with E-state index in [1.54, 1.807) is 31.2 Å². The van der Waals surface area contributed by atoms with Crippen LogP contribution in [0.2, 0.25) is 0 Å². The van der Waals surface area contributed by atoms with Crippen LogP contribution in [0.25, 0.3) is 0 Å². The van der Waals surface area contributed by atoms with Gasteiger partial charge in [-0.25, -0.2) is 0 Å². The maximum Gasteiger partial charge on any atom is 0.251 e. The minimum Gasteiger partial charge on any atom is -0.349 e. The first-order chi connectivity index (χ1) is 11.0. The summed E-state index contributed by atoms with van der Waals surface area (Å²) in [7, 11) is 0. The van der Waals surface area contributed by atoms with Gasteiger partial charge < -0.3 is 10.6 Å². The summed E-state index contributed by atoms with van der Waals surface area (Å²) in [6.07, 6.45) is 4.63. The molecular weight excluding hydrogens is 290 g/mol. The lowest BCUT2D eigenvalue weighted by molar-refractivity contribution is -0.123. The summed E-state index contributed by atoms with van der Waals surface area (Å²) in [6.45, 7) is 1.79. The Morgan fingerprint density at radius 3 is 2.48 bits per heavy atom. The number of nitrogens with one attached hydrogen (secondary N) is 2. The molecule has 122 valence electrons. The monoisotopic (exact) mass is 313 g/mol. The number of benzene rings is 1. The number of nitrogens with zero attached hydrogens (tertiary/aromatic N) is 1. The molecule has 1 aliphatic rings. The van der Waals surface area contributed by atoms with Crippen LogP contribution < -0.4 is 10.6 Å². The molecule has 2 rings (SSSR count). The van der Waals surface area contributed by atoms with E-state index in [0.29, 0.717) is 18.4 Å². The Bertz CT molecular complexity index is 586. The molecule has 1 aliphatic carbocycles.